The molecule has 1 aromatic carbocycles. The first-order chi connectivity index (χ1) is 14.2. The number of piperazine rings is 1. The summed E-state index contributed by atoms with van der Waals surface area (Å²) in [5.41, 5.74) is 3.79. The Morgan fingerprint density at radius 2 is 1.72 bits per heavy atom. The molecule has 4 rings (SSSR count). The Bertz CT molecular complexity index is 892. The van der Waals surface area contributed by atoms with Crippen LogP contribution < -0.4 is 10.2 Å². The SMILES string of the molecule is CCCN1CCN(c2nnc(-n3cccc3CNCc3ccc(C)cc3)s2)CC1. The highest BCUT2D eigenvalue weighted by molar-refractivity contribution is 7.17. The summed E-state index contributed by atoms with van der Waals surface area (Å²) >= 11 is 1.68. The highest BCUT2D eigenvalue weighted by Gasteiger charge is 2.20. The Labute approximate surface area is 177 Å². The van der Waals surface area contributed by atoms with E-state index >= 15 is 0 Å². The maximum absolute atomic E-state index is 4.48. The van der Waals surface area contributed by atoms with Crippen LogP contribution in [0.3, 0.4) is 0 Å². The van der Waals surface area contributed by atoms with Crippen LogP contribution in [0.4, 0.5) is 5.13 Å². The minimum atomic E-state index is 0.797. The fourth-order valence-electron chi connectivity index (χ4n) is 3.70. The summed E-state index contributed by atoms with van der Waals surface area (Å²) in [5.74, 6) is 0. The van der Waals surface area contributed by atoms with Gasteiger partial charge < -0.3 is 10.2 Å². The number of rotatable bonds is 8. The van der Waals surface area contributed by atoms with Crippen LogP contribution in [-0.2, 0) is 13.1 Å². The molecule has 0 spiro atoms. The van der Waals surface area contributed by atoms with Gasteiger partial charge in [-0.2, -0.15) is 0 Å². The third kappa shape index (κ3) is 5.04. The van der Waals surface area contributed by atoms with Crippen molar-refractivity contribution in [3.63, 3.8) is 0 Å². The Morgan fingerprint density at radius 3 is 2.48 bits per heavy atom. The van der Waals surface area contributed by atoms with Crippen LogP contribution in [0.2, 0.25) is 0 Å². The molecule has 6 nitrogen and oxygen atoms in total. The molecule has 0 unspecified atom stereocenters. The van der Waals surface area contributed by atoms with Gasteiger partial charge in [0, 0.05) is 51.2 Å². The molecular weight excluding hydrogens is 380 g/mol. The highest BCUT2D eigenvalue weighted by Crippen LogP contribution is 2.25. The third-order valence-electron chi connectivity index (χ3n) is 5.38. The topological polar surface area (TPSA) is 49.2 Å². The second-order valence-corrected chi connectivity index (χ2v) is 8.59. The molecule has 0 radical (unpaired) electrons. The van der Waals surface area contributed by atoms with Crippen LogP contribution >= 0.6 is 11.3 Å². The van der Waals surface area contributed by atoms with E-state index in [1.165, 1.54) is 29.8 Å². The van der Waals surface area contributed by atoms with E-state index in [1.807, 2.05) is 0 Å². The second kappa shape index (κ2) is 9.52. The van der Waals surface area contributed by atoms with Gasteiger partial charge in [-0.3, -0.25) is 9.47 Å². The van der Waals surface area contributed by atoms with Crippen molar-refractivity contribution in [3.8, 4) is 5.13 Å². The smallest absolute Gasteiger partial charge is 0.218 e. The summed E-state index contributed by atoms with van der Waals surface area (Å²) in [7, 11) is 0. The van der Waals surface area contributed by atoms with Crippen LogP contribution in [0, 0.1) is 6.92 Å². The van der Waals surface area contributed by atoms with Gasteiger partial charge in [-0.15, -0.1) is 10.2 Å². The van der Waals surface area contributed by atoms with E-state index in [0.717, 1.165) is 49.5 Å². The summed E-state index contributed by atoms with van der Waals surface area (Å²) in [4.78, 5) is 4.90. The van der Waals surface area contributed by atoms with Crippen LogP contribution in [0.15, 0.2) is 42.6 Å². The molecule has 7 heteroatoms. The molecule has 154 valence electrons. The predicted molar refractivity (Wildman–Crippen MR) is 120 cm³/mol. The van der Waals surface area contributed by atoms with Crippen molar-refractivity contribution in [2.24, 2.45) is 0 Å². The average molecular weight is 411 g/mol. The minimum absolute atomic E-state index is 0.797. The number of hydrogen-bond donors (Lipinski definition) is 1. The van der Waals surface area contributed by atoms with Gasteiger partial charge in [0.2, 0.25) is 10.3 Å². The zero-order valence-electron chi connectivity index (χ0n) is 17.3. The Hall–Kier alpha value is -2.22. The molecule has 1 fully saturated rings. The molecule has 0 atom stereocenters. The van der Waals surface area contributed by atoms with Crippen molar-refractivity contribution in [2.45, 2.75) is 33.4 Å². The number of aromatic nitrogens is 3. The molecule has 3 heterocycles. The molecule has 0 amide bonds. The van der Waals surface area contributed by atoms with Gasteiger partial charge in [0.15, 0.2) is 0 Å². The Morgan fingerprint density at radius 1 is 0.966 bits per heavy atom. The fourth-order valence-corrected chi connectivity index (χ4v) is 4.61. The van der Waals surface area contributed by atoms with E-state index in [4.69, 9.17) is 0 Å². The van der Waals surface area contributed by atoms with Crippen LogP contribution in [0.25, 0.3) is 5.13 Å². The van der Waals surface area contributed by atoms with Gasteiger partial charge in [0.05, 0.1) is 0 Å². The lowest BCUT2D eigenvalue weighted by Crippen LogP contribution is -2.46. The van der Waals surface area contributed by atoms with Gasteiger partial charge in [-0.1, -0.05) is 48.1 Å². The molecule has 0 saturated carbocycles. The summed E-state index contributed by atoms with van der Waals surface area (Å²) in [6.07, 6.45) is 3.30. The number of aryl methyl sites for hydroxylation is 1. The van der Waals surface area contributed by atoms with Gasteiger partial charge in [-0.25, -0.2) is 0 Å². The lowest BCUT2D eigenvalue weighted by atomic mass is 10.1. The van der Waals surface area contributed by atoms with Crippen LogP contribution in [-0.4, -0.2) is 52.4 Å². The van der Waals surface area contributed by atoms with Crippen LogP contribution in [0.5, 0.6) is 0 Å². The normalized spacial score (nSPS) is 15.2. The quantitative estimate of drug-likeness (QED) is 0.616. The van der Waals surface area contributed by atoms with E-state index in [9.17, 15) is 0 Å². The van der Waals surface area contributed by atoms with Crippen molar-refractivity contribution in [1.29, 1.82) is 0 Å². The van der Waals surface area contributed by atoms with Gasteiger partial charge in [-0.05, 0) is 37.6 Å². The van der Waals surface area contributed by atoms with Crippen LogP contribution in [0.1, 0.15) is 30.2 Å². The zero-order valence-corrected chi connectivity index (χ0v) is 18.2. The summed E-state index contributed by atoms with van der Waals surface area (Å²) < 4.78 is 2.15. The largest absolute Gasteiger partial charge is 0.344 e. The number of nitrogens with zero attached hydrogens (tertiary/aromatic N) is 5. The van der Waals surface area contributed by atoms with Crippen molar-refractivity contribution in [1.82, 2.24) is 25.0 Å². The molecule has 1 N–H and O–H groups in total. The van der Waals surface area contributed by atoms with Gasteiger partial charge >= 0.3 is 0 Å². The lowest BCUT2D eigenvalue weighted by molar-refractivity contribution is 0.258. The molecule has 2 aromatic heterocycles. The maximum Gasteiger partial charge on any atom is 0.218 e. The van der Waals surface area contributed by atoms with Gasteiger partial charge in [0.25, 0.3) is 0 Å². The predicted octanol–water partition coefficient (Wildman–Crippen LogP) is 3.46. The van der Waals surface area contributed by atoms with E-state index in [1.54, 1.807) is 11.3 Å². The Kier molecular flexibility index (Phi) is 6.59. The van der Waals surface area contributed by atoms with E-state index in [-0.39, 0.29) is 0 Å². The zero-order chi connectivity index (χ0) is 20.1. The molecule has 3 aromatic rings. The number of nitrogens with one attached hydrogen (secondary N) is 1. The fraction of sp³-hybridized carbons (Fsp3) is 0.455. The number of anilines is 1. The first kappa shape index (κ1) is 20.1. The second-order valence-electron chi connectivity index (χ2n) is 7.65. The molecule has 0 aliphatic carbocycles. The van der Waals surface area contributed by atoms with Crippen molar-refractivity contribution in [2.75, 3.05) is 37.6 Å². The van der Waals surface area contributed by atoms with E-state index < -0.39 is 0 Å². The number of benzene rings is 1. The van der Waals surface area contributed by atoms with E-state index in [2.05, 4.69) is 86.3 Å². The Balaban J connectivity index is 1.35. The third-order valence-corrected chi connectivity index (χ3v) is 6.36. The molecular formula is C22H30N6S. The standard InChI is InChI=1S/C22H30N6S/c1-3-10-26-12-14-27(15-13-26)21-24-25-22(29-21)28-11-4-5-20(28)17-23-16-19-8-6-18(2)7-9-19/h4-9,11,23H,3,10,12-17H2,1-2H3. The molecule has 1 aliphatic rings. The monoisotopic (exact) mass is 410 g/mol. The van der Waals surface area contributed by atoms with E-state index in [0.29, 0.717) is 0 Å². The minimum Gasteiger partial charge on any atom is -0.344 e. The van der Waals surface area contributed by atoms with Gasteiger partial charge in [0.1, 0.15) is 0 Å². The molecule has 29 heavy (non-hydrogen) atoms. The first-order valence-corrected chi connectivity index (χ1v) is 11.3. The van der Waals surface area contributed by atoms with Crippen molar-refractivity contribution >= 4 is 16.5 Å². The molecule has 0 bridgehead atoms. The lowest BCUT2D eigenvalue weighted by Gasteiger charge is -2.33. The molecule has 1 aliphatic heterocycles. The summed E-state index contributed by atoms with van der Waals surface area (Å²) in [6, 6.07) is 12.9. The molecule has 1 saturated heterocycles. The first-order valence-electron chi connectivity index (χ1n) is 10.5. The number of hydrogen-bond acceptors (Lipinski definition) is 6. The van der Waals surface area contributed by atoms with Crippen molar-refractivity contribution in [3.05, 3.63) is 59.4 Å². The average Bonchev–Trinajstić information content (AvgIpc) is 3.40. The van der Waals surface area contributed by atoms with Crippen molar-refractivity contribution < 1.29 is 0 Å². The summed E-state index contributed by atoms with van der Waals surface area (Å²) in [5, 5.41) is 14.5. The highest BCUT2D eigenvalue weighted by atomic mass is 32.1. The maximum atomic E-state index is 4.48. The summed E-state index contributed by atoms with van der Waals surface area (Å²) in [6.45, 7) is 11.5.